The molecule has 1 heterocycles. The van der Waals surface area contributed by atoms with Crippen molar-refractivity contribution in [1.82, 2.24) is 4.90 Å². The summed E-state index contributed by atoms with van der Waals surface area (Å²) in [6, 6.07) is 8.79. The largest absolute Gasteiger partial charge is 0.489 e. The molecule has 31 heavy (non-hydrogen) atoms. The fourth-order valence-electron chi connectivity index (χ4n) is 4.87. The second-order valence-corrected chi connectivity index (χ2v) is 9.57. The third-order valence-electron chi connectivity index (χ3n) is 6.49. The molecule has 2 fully saturated rings. The van der Waals surface area contributed by atoms with E-state index in [-0.39, 0.29) is 11.6 Å². The molecule has 2 saturated carbocycles. The van der Waals surface area contributed by atoms with Gasteiger partial charge in [-0.05, 0) is 49.3 Å². The van der Waals surface area contributed by atoms with Crippen molar-refractivity contribution >= 4 is 22.9 Å². The van der Waals surface area contributed by atoms with Gasteiger partial charge in [0.25, 0.3) is 11.6 Å². The van der Waals surface area contributed by atoms with Gasteiger partial charge in [0.15, 0.2) is 0 Å². The number of nitro benzene ring substituents is 1. The summed E-state index contributed by atoms with van der Waals surface area (Å²) in [5, 5.41) is 12.8. The molecule has 0 radical (unpaired) electrons. The van der Waals surface area contributed by atoms with E-state index < -0.39 is 4.92 Å². The highest BCUT2D eigenvalue weighted by Gasteiger charge is 2.33. The molecule has 2 aliphatic carbocycles. The first-order valence-electron chi connectivity index (χ1n) is 11.4. The fourth-order valence-corrected chi connectivity index (χ4v) is 5.71. The molecule has 166 valence electrons. The number of ether oxygens (including phenoxy) is 1. The second kappa shape index (κ2) is 10.3. The van der Waals surface area contributed by atoms with Gasteiger partial charge < -0.3 is 9.64 Å². The Morgan fingerprint density at radius 1 is 1.00 bits per heavy atom. The first-order valence-corrected chi connectivity index (χ1v) is 12.3. The highest BCUT2D eigenvalue weighted by Crippen LogP contribution is 2.32. The van der Waals surface area contributed by atoms with Crippen LogP contribution in [-0.4, -0.2) is 27.8 Å². The van der Waals surface area contributed by atoms with Crippen LogP contribution in [0.25, 0.3) is 0 Å². The lowest BCUT2D eigenvalue weighted by atomic mass is 9.88. The topological polar surface area (TPSA) is 72.7 Å². The normalized spacial score (nSPS) is 17.9. The number of hydrogen-bond donors (Lipinski definition) is 0. The zero-order valence-corrected chi connectivity index (χ0v) is 18.6. The molecule has 0 bridgehead atoms. The van der Waals surface area contributed by atoms with E-state index in [0.29, 0.717) is 24.4 Å². The van der Waals surface area contributed by atoms with E-state index in [2.05, 4.69) is 4.90 Å². The van der Waals surface area contributed by atoms with E-state index in [9.17, 15) is 14.9 Å². The molecule has 2 aliphatic rings. The Kier molecular flexibility index (Phi) is 7.22. The fraction of sp³-hybridized carbons (Fsp3) is 0.542. The molecule has 1 aromatic carbocycles. The molecule has 1 amide bonds. The van der Waals surface area contributed by atoms with Gasteiger partial charge in [0.05, 0.1) is 9.80 Å². The summed E-state index contributed by atoms with van der Waals surface area (Å²) >= 11 is 1.49. The molecule has 0 unspecified atom stereocenters. The molecule has 7 heteroatoms. The number of carbonyl (C=O) groups excluding carboxylic acids is 1. The lowest BCUT2D eigenvalue weighted by Crippen LogP contribution is -2.48. The standard InChI is InChI=1S/C24H30N2O4S/c27-24(25(19-7-3-1-4-8-19)20-9-5-2-6-10-20)23-15-18(17-31-23)16-30-22-13-11-21(12-14-22)26(28)29/h11-15,17,19-20H,1-10,16H2. The monoisotopic (exact) mass is 442 g/mol. The van der Waals surface area contributed by atoms with Crippen LogP contribution >= 0.6 is 11.3 Å². The van der Waals surface area contributed by atoms with Crippen LogP contribution in [0.5, 0.6) is 5.75 Å². The number of thiophene rings is 1. The average Bonchev–Trinajstić information content (AvgIpc) is 3.29. The SMILES string of the molecule is O=C(c1cc(COc2ccc([N+](=O)[O-])cc2)cs1)N(C1CCCCC1)C1CCCCC1. The Balaban J connectivity index is 1.42. The molecule has 2 aromatic rings. The molecule has 6 nitrogen and oxygen atoms in total. The molecule has 0 atom stereocenters. The minimum Gasteiger partial charge on any atom is -0.489 e. The smallest absolute Gasteiger partial charge is 0.269 e. The summed E-state index contributed by atoms with van der Waals surface area (Å²) in [5.74, 6) is 0.765. The number of nitro groups is 1. The van der Waals surface area contributed by atoms with Crippen molar-refractivity contribution in [3.63, 3.8) is 0 Å². The van der Waals surface area contributed by atoms with Crippen LogP contribution in [0, 0.1) is 10.1 Å². The van der Waals surface area contributed by atoms with Gasteiger partial charge in [0, 0.05) is 29.8 Å². The van der Waals surface area contributed by atoms with Crippen LogP contribution in [0.15, 0.2) is 35.7 Å². The van der Waals surface area contributed by atoms with E-state index in [1.165, 1.54) is 62.0 Å². The van der Waals surface area contributed by atoms with Crippen molar-refractivity contribution < 1.29 is 14.5 Å². The van der Waals surface area contributed by atoms with Gasteiger partial charge in [-0.2, -0.15) is 0 Å². The third-order valence-corrected chi connectivity index (χ3v) is 7.46. The van der Waals surface area contributed by atoms with E-state index >= 15 is 0 Å². The van der Waals surface area contributed by atoms with Gasteiger partial charge in [-0.25, -0.2) is 0 Å². The number of hydrogen-bond acceptors (Lipinski definition) is 5. The predicted molar refractivity (Wildman–Crippen MR) is 122 cm³/mol. The third kappa shape index (κ3) is 5.45. The van der Waals surface area contributed by atoms with Gasteiger partial charge in [0.2, 0.25) is 0 Å². The van der Waals surface area contributed by atoms with Gasteiger partial charge >= 0.3 is 0 Å². The molecule has 0 saturated heterocycles. The van der Waals surface area contributed by atoms with Crippen molar-refractivity contribution in [2.75, 3.05) is 0 Å². The summed E-state index contributed by atoms with van der Waals surface area (Å²) in [7, 11) is 0. The number of benzene rings is 1. The van der Waals surface area contributed by atoms with Crippen LogP contribution < -0.4 is 4.74 Å². The molecule has 1 aromatic heterocycles. The van der Waals surface area contributed by atoms with E-state index in [1.54, 1.807) is 12.1 Å². The second-order valence-electron chi connectivity index (χ2n) is 8.65. The van der Waals surface area contributed by atoms with Crippen molar-refractivity contribution in [3.05, 3.63) is 56.3 Å². The van der Waals surface area contributed by atoms with Gasteiger partial charge in [0.1, 0.15) is 12.4 Å². The maximum Gasteiger partial charge on any atom is 0.269 e. The lowest BCUT2D eigenvalue weighted by molar-refractivity contribution is -0.384. The Hall–Kier alpha value is -2.41. The number of nitrogens with zero attached hydrogens (tertiary/aromatic N) is 2. The number of amides is 1. The van der Waals surface area contributed by atoms with Crippen LogP contribution in [0.3, 0.4) is 0 Å². The van der Waals surface area contributed by atoms with Gasteiger partial charge in [-0.1, -0.05) is 38.5 Å². The quantitative estimate of drug-likeness (QED) is 0.370. The molecule has 4 rings (SSSR count). The van der Waals surface area contributed by atoms with Crippen molar-refractivity contribution in [1.29, 1.82) is 0 Å². The average molecular weight is 443 g/mol. The van der Waals surface area contributed by atoms with E-state index in [4.69, 9.17) is 4.74 Å². The maximum absolute atomic E-state index is 13.6. The Morgan fingerprint density at radius 3 is 2.13 bits per heavy atom. The van der Waals surface area contributed by atoms with E-state index in [1.807, 2.05) is 11.4 Å². The Morgan fingerprint density at radius 2 is 1.58 bits per heavy atom. The highest BCUT2D eigenvalue weighted by atomic mass is 32.1. The van der Waals surface area contributed by atoms with Crippen molar-refractivity contribution in [3.8, 4) is 5.75 Å². The van der Waals surface area contributed by atoms with E-state index in [0.717, 1.165) is 36.1 Å². The Labute approximate surface area is 187 Å². The Bertz CT molecular complexity index is 865. The molecule has 0 aliphatic heterocycles. The zero-order valence-electron chi connectivity index (χ0n) is 17.8. The van der Waals surface area contributed by atoms with Crippen LogP contribution in [0.2, 0.25) is 0 Å². The van der Waals surface area contributed by atoms with Gasteiger partial charge in [-0.3, -0.25) is 14.9 Å². The lowest BCUT2D eigenvalue weighted by Gasteiger charge is -2.41. The highest BCUT2D eigenvalue weighted by molar-refractivity contribution is 7.12. The van der Waals surface area contributed by atoms with Crippen LogP contribution in [-0.2, 0) is 6.61 Å². The number of rotatable bonds is 7. The first kappa shape index (κ1) is 21.8. The first-order chi connectivity index (χ1) is 15.1. The minimum atomic E-state index is -0.426. The number of carbonyl (C=O) groups is 1. The zero-order chi connectivity index (χ0) is 21.6. The molecule has 0 N–H and O–H groups in total. The summed E-state index contributed by atoms with van der Waals surface area (Å²) in [6.07, 6.45) is 12.0. The molecular formula is C24H30N2O4S. The summed E-state index contributed by atoms with van der Waals surface area (Å²) in [5.41, 5.74) is 1.00. The summed E-state index contributed by atoms with van der Waals surface area (Å²) < 4.78 is 5.77. The number of non-ortho nitro benzene ring substituents is 1. The van der Waals surface area contributed by atoms with Gasteiger partial charge in [-0.15, -0.1) is 11.3 Å². The van der Waals surface area contributed by atoms with Crippen molar-refractivity contribution in [2.45, 2.75) is 82.9 Å². The summed E-state index contributed by atoms with van der Waals surface area (Å²) in [4.78, 5) is 26.9. The van der Waals surface area contributed by atoms with Crippen molar-refractivity contribution in [2.24, 2.45) is 0 Å². The van der Waals surface area contributed by atoms with Crippen LogP contribution in [0.4, 0.5) is 5.69 Å². The molecular weight excluding hydrogens is 412 g/mol. The molecule has 0 spiro atoms. The van der Waals surface area contributed by atoms with Crippen LogP contribution in [0.1, 0.15) is 79.4 Å². The maximum atomic E-state index is 13.6. The summed E-state index contributed by atoms with van der Waals surface area (Å²) in [6.45, 7) is 0.342. The minimum absolute atomic E-state index is 0.0429. The predicted octanol–water partition coefficient (Wildman–Crippen LogP) is 6.34.